The van der Waals surface area contributed by atoms with Gasteiger partial charge in [-0.2, -0.15) is 0 Å². The Kier molecular flexibility index (Phi) is 8.90. The van der Waals surface area contributed by atoms with Crippen LogP contribution in [0.2, 0.25) is 0 Å². The number of ether oxygens (including phenoxy) is 1. The first-order valence-corrected chi connectivity index (χ1v) is 14.8. The van der Waals surface area contributed by atoms with Gasteiger partial charge in [0.15, 0.2) is 5.13 Å². The quantitative estimate of drug-likeness (QED) is 0.266. The van der Waals surface area contributed by atoms with Crippen molar-refractivity contribution in [3.8, 4) is 0 Å². The lowest BCUT2D eigenvalue weighted by atomic mass is 9.81. The average molecular weight is 587 g/mol. The summed E-state index contributed by atoms with van der Waals surface area (Å²) < 4.78 is 7.36. The molecule has 2 aliphatic carbocycles. The maximum absolute atomic E-state index is 12.6. The van der Waals surface area contributed by atoms with E-state index < -0.39 is 0 Å². The van der Waals surface area contributed by atoms with E-state index in [9.17, 15) is 9.59 Å². The number of esters is 1. The zero-order chi connectivity index (χ0) is 26.6. The lowest BCUT2D eigenvalue weighted by Crippen LogP contribution is -2.29. The third kappa shape index (κ3) is 6.34. The van der Waals surface area contributed by atoms with E-state index in [2.05, 4.69) is 75.8 Å². The fourth-order valence-corrected chi connectivity index (χ4v) is 6.91. The van der Waals surface area contributed by atoms with Crippen molar-refractivity contribution < 1.29 is 14.3 Å². The fourth-order valence-electron chi connectivity index (χ4n) is 5.37. The van der Waals surface area contributed by atoms with Crippen LogP contribution in [0, 0.1) is 11.3 Å². The molecule has 1 heterocycles. The number of anilines is 1. The molecule has 2 aromatic rings. The van der Waals surface area contributed by atoms with Gasteiger partial charge >= 0.3 is 12.0 Å². The number of thiazole rings is 1. The number of amides is 2. The van der Waals surface area contributed by atoms with Crippen molar-refractivity contribution in [3.05, 3.63) is 51.5 Å². The summed E-state index contributed by atoms with van der Waals surface area (Å²) >= 11 is 5.18. The summed E-state index contributed by atoms with van der Waals surface area (Å²) in [5, 5.41) is 6.13. The van der Waals surface area contributed by atoms with E-state index in [1.54, 1.807) is 0 Å². The zero-order valence-corrected chi connectivity index (χ0v) is 24.5. The molecule has 2 amide bonds. The van der Waals surface area contributed by atoms with E-state index in [1.807, 2.05) is 13.8 Å². The Bertz CT molecular complexity index is 1280. The molecule has 0 bridgehead atoms. The Morgan fingerprint density at radius 1 is 1.22 bits per heavy atom. The van der Waals surface area contributed by atoms with Crippen LogP contribution in [-0.2, 0) is 9.53 Å². The molecule has 0 radical (unpaired) electrons. The topological polar surface area (TPSA) is 80.3 Å². The van der Waals surface area contributed by atoms with Gasteiger partial charge in [-0.3, -0.25) is 10.1 Å². The van der Waals surface area contributed by atoms with Crippen LogP contribution in [0.1, 0.15) is 71.8 Å². The van der Waals surface area contributed by atoms with Crippen molar-refractivity contribution in [1.82, 2.24) is 10.3 Å². The number of urea groups is 1. The largest absolute Gasteiger partial charge is 0.466 e. The molecule has 37 heavy (non-hydrogen) atoms. The molecule has 1 aromatic carbocycles. The summed E-state index contributed by atoms with van der Waals surface area (Å²) in [6.45, 7) is 9.03. The van der Waals surface area contributed by atoms with Gasteiger partial charge in [0, 0.05) is 11.0 Å². The predicted molar refractivity (Wildman–Crippen MR) is 156 cm³/mol. The van der Waals surface area contributed by atoms with Gasteiger partial charge in [-0.1, -0.05) is 36.0 Å². The van der Waals surface area contributed by atoms with Gasteiger partial charge in [0.1, 0.15) is 0 Å². The molecule has 198 valence electrons. The maximum Gasteiger partial charge on any atom is 0.321 e. The van der Waals surface area contributed by atoms with Crippen LogP contribution in [0.4, 0.5) is 9.93 Å². The number of carbonyl (C=O) groups is 2. The van der Waals surface area contributed by atoms with Crippen LogP contribution in [0.15, 0.2) is 46.0 Å². The predicted octanol–water partition coefficient (Wildman–Crippen LogP) is 8.01. The van der Waals surface area contributed by atoms with Crippen LogP contribution >= 0.6 is 27.3 Å². The third-order valence-corrected chi connectivity index (χ3v) is 9.28. The monoisotopic (exact) mass is 585 g/mol. The number of nitrogens with one attached hydrogen (secondary N) is 2. The molecule has 1 saturated carbocycles. The van der Waals surface area contributed by atoms with Gasteiger partial charge in [0.2, 0.25) is 0 Å². The highest BCUT2D eigenvalue weighted by Crippen LogP contribution is 2.43. The Hall–Kier alpha value is -2.45. The number of rotatable bonds is 6. The first-order chi connectivity index (χ1) is 17.7. The minimum atomic E-state index is -0.378. The summed E-state index contributed by atoms with van der Waals surface area (Å²) in [7, 11) is 0. The molecule has 1 aromatic heterocycles. The summed E-state index contributed by atoms with van der Waals surface area (Å²) in [5.41, 5.74) is 5.43. The van der Waals surface area contributed by atoms with E-state index in [0.29, 0.717) is 24.2 Å². The van der Waals surface area contributed by atoms with E-state index in [1.165, 1.54) is 28.1 Å². The molecule has 2 N–H and O–H groups in total. The summed E-state index contributed by atoms with van der Waals surface area (Å²) in [5.74, 6) is 0.407. The third-order valence-electron chi connectivity index (χ3n) is 7.37. The average Bonchev–Trinajstić information content (AvgIpc) is 3.01. The van der Waals surface area contributed by atoms with E-state index in [4.69, 9.17) is 4.74 Å². The smallest absolute Gasteiger partial charge is 0.321 e. The highest BCUT2D eigenvalue weighted by Gasteiger charge is 2.37. The van der Waals surface area contributed by atoms with Gasteiger partial charge in [-0.05, 0) is 116 Å². The molecular formula is C29H36BrN3O3S. The number of halogens is 1. The summed E-state index contributed by atoms with van der Waals surface area (Å²) in [6.07, 6.45) is 12.7. The number of carbonyl (C=O) groups excluding carboxylic acids is 2. The van der Waals surface area contributed by atoms with Gasteiger partial charge in [0.25, 0.3) is 0 Å². The molecule has 2 aliphatic rings. The first-order valence-electron chi connectivity index (χ1n) is 13.2. The Balaban J connectivity index is 1.52. The lowest BCUT2D eigenvalue weighted by Gasteiger charge is -2.25. The van der Waals surface area contributed by atoms with Crippen molar-refractivity contribution in [1.29, 1.82) is 0 Å². The van der Waals surface area contributed by atoms with Crippen molar-refractivity contribution >= 4 is 60.2 Å². The molecule has 8 heteroatoms. The van der Waals surface area contributed by atoms with Crippen molar-refractivity contribution in [2.24, 2.45) is 11.3 Å². The fraction of sp³-hybridized carbons (Fsp3) is 0.483. The minimum absolute atomic E-state index is 0.0472. The van der Waals surface area contributed by atoms with Crippen LogP contribution < -0.4 is 10.6 Å². The van der Waals surface area contributed by atoms with Gasteiger partial charge in [-0.15, -0.1) is 0 Å². The van der Waals surface area contributed by atoms with Crippen LogP contribution in [0.5, 0.6) is 0 Å². The summed E-state index contributed by atoms with van der Waals surface area (Å²) in [6, 6.07) is 3.98. The van der Waals surface area contributed by atoms with Crippen LogP contribution in [0.25, 0.3) is 15.8 Å². The molecule has 4 rings (SSSR count). The Morgan fingerprint density at radius 3 is 2.78 bits per heavy atom. The van der Waals surface area contributed by atoms with Gasteiger partial charge in [0.05, 0.1) is 22.2 Å². The molecule has 0 aliphatic heterocycles. The maximum atomic E-state index is 12.6. The molecule has 6 nitrogen and oxygen atoms in total. The normalized spacial score (nSPS) is 22.3. The molecule has 0 saturated heterocycles. The number of hydrogen-bond donors (Lipinski definition) is 2. The molecule has 2 atom stereocenters. The number of hydrogen-bond acceptors (Lipinski definition) is 5. The van der Waals surface area contributed by atoms with E-state index in [0.717, 1.165) is 58.8 Å². The van der Waals surface area contributed by atoms with Crippen LogP contribution in [-0.4, -0.2) is 30.1 Å². The van der Waals surface area contributed by atoms with Crippen molar-refractivity contribution in [3.63, 3.8) is 0 Å². The number of aromatic nitrogens is 1. The van der Waals surface area contributed by atoms with Crippen molar-refractivity contribution in [2.45, 2.75) is 66.2 Å². The van der Waals surface area contributed by atoms with E-state index >= 15 is 0 Å². The molecular weight excluding hydrogens is 550 g/mol. The minimum Gasteiger partial charge on any atom is -0.466 e. The zero-order valence-electron chi connectivity index (χ0n) is 22.1. The Labute approximate surface area is 231 Å². The summed E-state index contributed by atoms with van der Waals surface area (Å²) in [4.78, 5) is 29.2. The molecule has 0 spiro atoms. The van der Waals surface area contributed by atoms with Gasteiger partial charge in [-0.25, -0.2) is 9.78 Å². The number of allylic oxidation sites excluding steroid dienone is 6. The van der Waals surface area contributed by atoms with Crippen molar-refractivity contribution in [2.75, 3.05) is 18.5 Å². The highest BCUT2D eigenvalue weighted by atomic mass is 79.9. The number of nitrogens with zero attached hydrogens (tertiary/aromatic N) is 1. The molecule has 2 unspecified atom stereocenters. The first kappa shape index (κ1) is 27.6. The van der Waals surface area contributed by atoms with Gasteiger partial charge < -0.3 is 10.1 Å². The Morgan fingerprint density at radius 2 is 2.03 bits per heavy atom. The second-order valence-electron chi connectivity index (χ2n) is 10.1. The van der Waals surface area contributed by atoms with Crippen LogP contribution in [0.3, 0.4) is 0 Å². The second-order valence-corrected chi connectivity index (χ2v) is 12.0. The highest BCUT2D eigenvalue weighted by molar-refractivity contribution is 9.10. The SMILES string of the molecule is CCNC(=O)Nc1nc2cc(C3=CCC=C(C4CCCC(C)(C(=O)OCC)CC4)C(C)=C3)cc(Br)c2s1. The lowest BCUT2D eigenvalue weighted by molar-refractivity contribution is -0.155. The van der Waals surface area contributed by atoms with E-state index in [-0.39, 0.29) is 17.4 Å². The standard InChI is InChI=1S/C29H36BrN3O3S/c1-5-31-27(35)33-28-32-24-17-21(16-23(30)25(24)37-28)20-9-7-11-22(18(3)15-20)19-10-8-13-29(4,14-12-19)26(34)36-6-2/h9,11,15-17,19H,5-8,10,12-14H2,1-4H3,(H2,31,32,33,35). The number of benzene rings is 1. The second kappa shape index (κ2) is 11.9. The number of fused-ring (bicyclic) bond motifs is 1. The molecule has 1 fully saturated rings.